The molecule has 2 aliphatic heterocycles. The van der Waals surface area contributed by atoms with E-state index in [0.29, 0.717) is 32.4 Å². The van der Waals surface area contributed by atoms with Crippen LogP contribution < -0.4 is 21.3 Å². The smallest absolute Gasteiger partial charge is 0.319 e. The molecule has 5 heterocycles. The topological polar surface area (TPSA) is 111 Å². The van der Waals surface area contributed by atoms with E-state index >= 15 is 4.39 Å². The minimum Gasteiger partial charge on any atom is -0.461 e. The van der Waals surface area contributed by atoms with Crippen molar-refractivity contribution in [3.05, 3.63) is 34.1 Å². The SMILES string of the molecule is CCCCCCNc1nc(OC[C@@]23CCCN2C[C@H](F)C3)nc2c(F)c(-c3ccc(F)c4sc(N)nc34)n(C3CC3)c(=O)c12. The van der Waals surface area contributed by atoms with E-state index in [2.05, 4.69) is 32.1 Å². The number of nitrogens with two attached hydrogens (primary N) is 1. The number of anilines is 2. The van der Waals surface area contributed by atoms with Crippen LogP contribution in [0.1, 0.15) is 70.8 Å². The number of alkyl halides is 1. The summed E-state index contributed by atoms with van der Waals surface area (Å²) in [5.41, 5.74) is 5.33. The third kappa shape index (κ3) is 5.07. The summed E-state index contributed by atoms with van der Waals surface area (Å²) in [6.07, 6.45) is 6.60. The first-order valence-electron chi connectivity index (χ1n) is 15.6. The van der Waals surface area contributed by atoms with Crippen LogP contribution in [0.4, 0.5) is 24.1 Å². The van der Waals surface area contributed by atoms with E-state index in [-0.39, 0.29) is 62.0 Å². The lowest BCUT2D eigenvalue weighted by atomic mass is 9.95. The Kier molecular flexibility index (Phi) is 7.64. The molecular weight excluding hydrogens is 591 g/mol. The fraction of sp³-hybridized carbons (Fsp3) is 0.548. The second kappa shape index (κ2) is 11.5. The normalized spacial score (nSPS) is 21.9. The van der Waals surface area contributed by atoms with Crippen LogP contribution in [0.5, 0.6) is 6.01 Å². The van der Waals surface area contributed by atoms with Crippen molar-refractivity contribution in [1.29, 1.82) is 0 Å². The summed E-state index contributed by atoms with van der Waals surface area (Å²) >= 11 is 0.972. The molecular formula is C31H36F3N7O2S. The summed E-state index contributed by atoms with van der Waals surface area (Å²) in [6.45, 7) is 4.01. The highest BCUT2D eigenvalue weighted by Crippen LogP contribution is 2.43. The van der Waals surface area contributed by atoms with Gasteiger partial charge in [0.25, 0.3) is 5.56 Å². The van der Waals surface area contributed by atoms with Crippen molar-refractivity contribution in [3.8, 4) is 17.3 Å². The lowest BCUT2D eigenvalue weighted by Crippen LogP contribution is -2.43. The van der Waals surface area contributed by atoms with Crippen molar-refractivity contribution in [1.82, 2.24) is 24.4 Å². The number of nitrogens with one attached hydrogen (secondary N) is 1. The Morgan fingerprint density at radius 1 is 1.16 bits per heavy atom. The van der Waals surface area contributed by atoms with Gasteiger partial charge >= 0.3 is 6.01 Å². The number of thiazole rings is 1. The maximum absolute atomic E-state index is 16.9. The number of unbranched alkanes of at least 4 members (excludes halogenated alkanes) is 3. The van der Waals surface area contributed by atoms with Crippen LogP contribution in [0.2, 0.25) is 0 Å². The van der Waals surface area contributed by atoms with Gasteiger partial charge in [0, 0.05) is 31.1 Å². The standard InChI is InChI=1S/C31H36F3N7O2S/c1-2-3-4-5-12-36-27-21-24(38-30(39-27)43-16-31-11-6-13-40(31)15-17(32)14-31)22(34)25(41(28(21)42)18-7-8-18)19-9-10-20(33)26-23(19)37-29(35)44-26/h9-10,17-18H,2-8,11-16H2,1H3,(H2,35,37)(H,36,38,39)/t17-,31+/m1/s1. The molecule has 13 heteroatoms. The number of rotatable bonds is 11. The number of nitrogens with zero attached hydrogens (tertiary/aromatic N) is 5. The summed E-state index contributed by atoms with van der Waals surface area (Å²) in [5.74, 6) is -1.04. The Bertz CT molecular complexity index is 1790. The molecule has 3 N–H and O–H groups in total. The third-order valence-electron chi connectivity index (χ3n) is 9.21. The van der Waals surface area contributed by atoms with Gasteiger partial charge < -0.3 is 20.4 Å². The fourth-order valence-corrected chi connectivity index (χ4v) is 7.72. The highest BCUT2D eigenvalue weighted by molar-refractivity contribution is 7.22. The van der Waals surface area contributed by atoms with Crippen LogP contribution in [0.15, 0.2) is 16.9 Å². The molecule has 7 rings (SSSR count). The van der Waals surface area contributed by atoms with Crippen LogP contribution in [0, 0.1) is 11.6 Å². The zero-order chi connectivity index (χ0) is 30.6. The lowest BCUT2D eigenvalue weighted by Gasteiger charge is -2.30. The maximum atomic E-state index is 16.9. The Morgan fingerprint density at radius 3 is 2.80 bits per heavy atom. The summed E-state index contributed by atoms with van der Waals surface area (Å²) in [4.78, 5) is 29.7. The van der Waals surface area contributed by atoms with Gasteiger partial charge in [0.05, 0.1) is 21.4 Å². The molecule has 3 aromatic heterocycles. The van der Waals surface area contributed by atoms with Crippen LogP contribution >= 0.6 is 11.3 Å². The van der Waals surface area contributed by atoms with E-state index < -0.39 is 28.9 Å². The molecule has 3 aliphatic rings. The molecule has 2 atom stereocenters. The predicted molar refractivity (Wildman–Crippen MR) is 166 cm³/mol. The van der Waals surface area contributed by atoms with Gasteiger partial charge in [-0.05, 0) is 50.8 Å². The zero-order valence-electron chi connectivity index (χ0n) is 24.7. The van der Waals surface area contributed by atoms with Crippen LogP contribution in [-0.2, 0) is 0 Å². The Labute approximate surface area is 256 Å². The third-order valence-corrected chi connectivity index (χ3v) is 10.1. The molecule has 0 unspecified atom stereocenters. The minimum atomic E-state index is -0.926. The molecule has 1 saturated carbocycles. The Morgan fingerprint density at radius 2 is 2.00 bits per heavy atom. The molecule has 234 valence electrons. The average molecular weight is 628 g/mol. The number of ether oxygens (including phenoxy) is 1. The number of halogens is 3. The average Bonchev–Trinajstić information content (AvgIpc) is 3.52. The molecule has 0 bridgehead atoms. The molecule has 0 radical (unpaired) electrons. The number of benzene rings is 1. The number of aromatic nitrogens is 4. The first kappa shape index (κ1) is 29.3. The van der Waals surface area contributed by atoms with Gasteiger partial charge in [-0.25, -0.2) is 18.2 Å². The monoisotopic (exact) mass is 627 g/mol. The molecule has 9 nitrogen and oxygen atoms in total. The van der Waals surface area contributed by atoms with Gasteiger partial charge in [-0.1, -0.05) is 37.5 Å². The van der Waals surface area contributed by atoms with E-state index in [0.717, 1.165) is 56.4 Å². The van der Waals surface area contributed by atoms with Crippen LogP contribution in [0.25, 0.3) is 32.4 Å². The van der Waals surface area contributed by atoms with E-state index in [1.807, 2.05) is 0 Å². The largest absolute Gasteiger partial charge is 0.461 e. The zero-order valence-corrected chi connectivity index (χ0v) is 25.5. The summed E-state index contributed by atoms with van der Waals surface area (Å²) in [7, 11) is 0. The summed E-state index contributed by atoms with van der Waals surface area (Å²) < 4.78 is 53.8. The molecule has 1 aliphatic carbocycles. The second-order valence-corrected chi connectivity index (χ2v) is 13.4. The molecule has 0 amide bonds. The summed E-state index contributed by atoms with van der Waals surface area (Å²) in [5, 5.41) is 3.45. The lowest BCUT2D eigenvalue weighted by molar-refractivity contribution is 0.107. The first-order chi connectivity index (χ1) is 21.3. The number of hydrogen-bond acceptors (Lipinski definition) is 9. The fourth-order valence-electron chi connectivity index (χ4n) is 6.95. The summed E-state index contributed by atoms with van der Waals surface area (Å²) in [6, 6.07) is 2.38. The van der Waals surface area contributed by atoms with Gasteiger partial charge in [0.2, 0.25) is 0 Å². The number of hydrogen-bond donors (Lipinski definition) is 2. The van der Waals surface area contributed by atoms with Crippen molar-refractivity contribution < 1.29 is 17.9 Å². The number of pyridine rings is 1. The highest BCUT2D eigenvalue weighted by atomic mass is 32.1. The Balaban J connectivity index is 1.37. The van der Waals surface area contributed by atoms with Gasteiger partial charge in [0.1, 0.15) is 35.3 Å². The van der Waals surface area contributed by atoms with Crippen molar-refractivity contribution in [3.63, 3.8) is 0 Å². The van der Waals surface area contributed by atoms with Gasteiger partial charge in [-0.3, -0.25) is 9.69 Å². The minimum absolute atomic E-state index is 0.00419. The maximum Gasteiger partial charge on any atom is 0.319 e. The first-order valence-corrected chi connectivity index (χ1v) is 16.4. The van der Waals surface area contributed by atoms with E-state index in [1.165, 1.54) is 16.7 Å². The predicted octanol–water partition coefficient (Wildman–Crippen LogP) is 6.21. The molecule has 44 heavy (non-hydrogen) atoms. The van der Waals surface area contributed by atoms with E-state index in [9.17, 15) is 13.6 Å². The van der Waals surface area contributed by atoms with Crippen LogP contribution in [0.3, 0.4) is 0 Å². The number of nitrogen functional groups attached to an aromatic ring is 1. The molecule has 0 spiro atoms. The Hall–Kier alpha value is -3.45. The molecule has 4 aromatic rings. The second-order valence-electron chi connectivity index (χ2n) is 12.3. The number of fused-ring (bicyclic) bond motifs is 3. The van der Waals surface area contributed by atoms with Crippen molar-refractivity contribution >= 4 is 43.4 Å². The van der Waals surface area contributed by atoms with E-state index in [1.54, 1.807) is 0 Å². The van der Waals surface area contributed by atoms with Gasteiger partial charge in [-0.15, -0.1) is 0 Å². The van der Waals surface area contributed by atoms with Gasteiger partial charge in [-0.2, -0.15) is 9.97 Å². The van der Waals surface area contributed by atoms with Crippen molar-refractivity contribution in [2.24, 2.45) is 0 Å². The van der Waals surface area contributed by atoms with Gasteiger partial charge in [0.15, 0.2) is 10.9 Å². The molecule has 1 aromatic carbocycles. The highest BCUT2D eigenvalue weighted by Gasteiger charge is 2.49. The van der Waals surface area contributed by atoms with Crippen molar-refractivity contribution in [2.75, 3.05) is 37.3 Å². The molecule has 2 saturated heterocycles. The quantitative estimate of drug-likeness (QED) is 0.189. The van der Waals surface area contributed by atoms with Crippen molar-refractivity contribution in [2.45, 2.75) is 82.5 Å². The van der Waals surface area contributed by atoms with Crippen LogP contribution in [-0.4, -0.2) is 62.4 Å². The molecule has 3 fully saturated rings. The van der Waals surface area contributed by atoms with E-state index in [4.69, 9.17) is 10.5 Å².